The van der Waals surface area contributed by atoms with E-state index in [0.717, 1.165) is 18.5 Å². The Kier molecular flexibility index (Phi) is 3.40. The predicted molar refractivity (Wildman–Crippen MR) is 73.9 cm³/mol. The van der Waals surface area contributed by atoms with Crippen molar-refractivity contribution in [1.82, 2.24) is 5.32 Å². The van der Waals surface area contributed by atoms with Gasteiger partial charge in [0.1, 0.15) is 5.76 Å². The number of rotatable bonds is 2. The van der Waals surface area contributed by atoms with Gasteiger partial charge in [0.2, 0.25) is 0 Å². The summed E-state index contributed by atoms with van der Waals surface area (Å²) in [5.74, 6) is 0.236. The molecule has 1 saturated carbocycles. The van der Waals surface area contributed by atoms with Gasteiger partial charge in [-0.3, -0.25) is 14.9 Å². The average Bonchev–Trinajstić information content (AvgIpc) is 2.78. The molecule has 2 aliphatic rings. The lowest BCUT2D eigenvalue weighted by atomic mass is 10.00. The molecule has 3 rings (SSSR count). The summed E-state index contributed by atoms with van der Waals surface area (Å²) in [7, 11) is 0. The number of nitrogens with one attached hydrogen (secondary N) is 1. The van der Waals surface area contributed by atoms with Gasteiger partial charge in [-0.1, -0.05) is 24.3 Å². The highest BCUT2D eigenvalue weighted by atomic mass is 16.5. The maximum Gasteiger partial charge on any atom is 0.176 e. The molecule has 1 N–H and O–H groups in total. The molecule has 1 heterocycles. The Bertz CT molecular complexity index is 585. The molecule has 4 nitrogen and oxygen atoms in total. The van der Waals surface area contributed by atoms with Crippen LogP contribution >= 0.6 is 0 Å². The second-order valence-electron chi connectivity index (χ2n) is 5.18. The van der Waals surface area contributed by atoms with Crippen molar-refractivity contribution >= 4 is 11.6 Å². The van der Waals surface area contributed by atoms with Crippen molar-refractivity contribution in [3.8, 4) is 0 Å². The van der Waals surface area contributed by atoms with E-state index in [2.05, 4.69) is 11.4 Å². The largest absolute Gasteiger partial charge is 0.475 e. The van der Waals surface area contributed by atoms with Gasteiger partial charge in [0.25, 0.3) is 0 Å². The van der Waals surface area contributed by atoms with Gasteiger partial charge in [0.15, 0.2) is 17.8 Å². The highest BCUT2D eigenvalue weighted by molar-refractivity contribution is 6.25. The van der Waals surface area contributed by atoms with E-state index in [9.17, 15) is 9.59 Å². The minimum absolute atomic E-state index is 0.100. The molecular formula is C16H17NO3. The fraction of sp³-hybridized carbons (Fsp3) is 0.375. The molecular weight excluding hydrogens is 254 g/mol. The summed E-state index contributed by atoms with van der Waals surface area (Å²) in [4.78, 5) is 23.5. The Labute approximate surface area is 117 Å². The van der Waals surface area contributed by atoms with Crippen LogP contribution in [0.5, 0.6) is 0 Å². The maximum absolute atomic E-state index is 11.7. The Morgan fingerprint density at radius 3 is 2.60 bits per heavy atom. The lowest BCUT2D eigenvalue weighted by Crippen LogP contribution is -2.31. The Morgan fingerprint density at radius 1 is 1.15 bits per heavy atom. The van der Waals surface area contributed by atoms with Crippen LogP contribution in [0, 0.1) is 0 Å². The van der Waals surface area contributed by atoms with Crippen molar-refractivity contribution in [3.05, 3.63) is 46.7 Å². The molecule has 0 saturated heterocycles. The third-order valence-corrected chi connectivity index (χ3v) is 3.85. The molecule has 0 bridgehead atoms. The predicted octanol–water partition coefficient (Wildman–Crippen LogP) is 2.05. The monoisotopic (exact) mass is 271 g/mol. The first-order valence-corrected chi connectivity index (χ1v) is 6.92. The summed E-state index contributed by atoms with van der Waals surface area (Å²) >= 11 is 0. The number of carbonyl (C=O) groups excluding carboxylic acids is 2. The number of benzene rings is 1. The van der Waals surface area contributed by atoms with Crippen molar-refractivity contribution in [1.29, 1.82) is 0 Å². The molecule has 1 fully saturated rings. The first-order valence-electron chi connectivity index (χ1n) is 6.92. The van der Waals surface area contributed by atoms with Crippen LogP contribution in [0.3, 0.4) is 0 Å². The van der Waals surface area contributed by atoms with E-state index in [1.807, 2.05) is 18.2 Å². The minimum atomic E-state index is -0.284. The lowest BCUT2D eigenvalue weighted by Gasteiger charge is -2.28. The summed E-state index contributed by atoms with van der Waals surface area (Å²) in [5, 5.41) is 3.28. The molecule has 0 radical (unpaired) electrons. The molecule has 4 heteroatoms. The Hall–Kier alpha value is -1.94. The molecule has 1 aromatic carbocycles. The zero-order chi connectivity index (χ0) is 14.1. The van der Waals surface area contributed by atoms with Crippen molar-refractivity contribution in [2.45, 2.75) is 32.4 Å². The van der Waals surface area contributed by atoms with Gasteiger partial charge in [-0.25, -0.2) is 0 Å². The van der Waals surface area contributed by atoms with E-state index in [1.165, 1.54) is 5.56 Å². The Morgan fingerprint density at radius 2 is 1.85 bits per heavy atom. The summed E-state index contributed by atoms with van der Waals surface area (Å²) in [6.07, 6.45) is 1.30. The highest BCUT2D eigenvalue weighted by Crippen LogP contribution is 2.28. The van der Waals surface area contributed by atoms with Crippen LogP contribution in [0.1, 0.15) is 37.1 Å². The van der Waals surface area contributed by atoms with Crippen LogP contribution < -0.4 is 5.32 Å². The van der Waals surface area contributed by atoms with Crippen molar-refractivity contribution in [2.75, 3.05) is 6.54 Å². The number of carbonyl (C=O) groups is 2. The maximum atomic E-state index is 11.7. The number of hydrogen-bond donors (Lipinski definition) is 1. The van der Waals surface area contributed by atoms with E-state index in [-0.39, 0.29) is 23.4 Å². The second kappa shape index (κ2) is 5.21. The van der Waals surface area contributed by atoms with E-state index in [4.69, 9.17) is 4.74 Å². The fourth-order valence-corrected chi connectivity index (χ4v) is 2.83. The van der Waals surface area contributed by atoms with Gasteiger partial charge in [0, 0.05) is 24.9 Å². The third kappa shape index (κ3) is 2.27. The summed E-state index contributed by atoms with van der Waals surface area (Å²) in [5.41, 5.74) is 2.57. The molecule has 104 valence electrons. The highest BCUT2D eigenvalue weighted by Gasteiger charge is 2.30. The number of hydrogen-bond acceptors (Lipinski definition) is 4. The van der Waals surface area contributed by atoms with Gasteiger partial charge in [-0.05, 0) is 18.9 Å². The smallest absolute Gasteiger partial charge is 0.176 e. The standard InChI is InChI=1S/C16H17NO3/c1-10(15-13(18)6-7-14(15)19)20-16-12-5-3-2-4-11(12)8-9-17-16/h2-5,16-17H,6-9H2,1H3. The van der Waals surface area contributed by atoms with Gasteiger partial charge in [-0.15, -0.1) is 0 Å². The zero-order valence-electron chi connectivity index (χ0n) is 11.4. The first kappa shape index (κ1) is 13.1. The summed E-state index contributed by atoms with van der Waals surface area (Å²) in [6.45, 7) is 2.53. The number of fused-ring (bicyclic) bond motifs is 1. The second-order valence-corrected chi connectivity index (χ2v) is 5.18. The van der Waals surface area contributed by atoms with Crippen LogP contribution in [-0.2, 0) is 20.7 Å². The molecule has 20 heavy (non-hydrogen) atoms. The number of ketones is 2. The van der Waals surface area contributed by atoms with Crippen LogP contribution in [0.25, 0.3) is 0 Å². The molecule has 1 aliphatic heterocycles. The van der Waals surface area contributed by atoms with Gasteiger partial charge >= 0.3 is 0 Å². The zero-order valence-corrected chi connectivity index (χ0v) is 11.4. The Balaban J connectivity index is 1.88. The quantitative estimate of drug-likeness (QED) is 0.508. The number of ether oxygens (including phenoxy) is 1. The molecule has 0 aromatic heterocycles. The molecule has 1 unspecified atom stereocenters. The first-order chi connectivity index (χ1) is 9.66. The molecule has 0 spiro atoms. The minimum Gasteiger partial charge on any atom is -0.475 e. The SMILES string of the molecule is CC(OC1NCCc2ccccc21)=C1C(=O)CCC1=O. The van der Waals surface area contributed by atoms with Crippen molar-refractivity contribution in [2.24, 2.45) is 0 Å². The van der Waals surface area contributed by atoms with Crippen LogP contribution in [0.15, 0.2) is 35.6 Å². The van der Waals surface area contributed by atoms with Crippen LogP contribution in [-0.4, -0.2) is 18.1 Å². The van der Waals surface area contributed by atoms with E-state index in [1.54, 1.807) is 6.92 Å². The van der Waals surface area contributed by atoms with Crippen LogP contribution in [0.2, 0.25) is 0 Å². The molecule has 0 amide bonds. The number of Topliss-reactive ketones (excluding diaryl/α,β-unsaturated/α-hetero) is 2. The van der Waals surface area contributed by atoms with E-state index >= 15 is 0 Å². The molecule has 1 aromatic rings. The van der Waals surface area contributed by atoms with Gasteiger partial charge in [0.05, 0.1) is 5.57 Å². The average molecular weight is 271 g/mol. The van der Waals surface area contributed by atoms with Crippen molar-refractivity contribution < 1.29 is 14.3 Å². The van der Waals surface area contributed by atoms with Crippen LogP contribution in [0.4, 0.5) is 0 Å². The normalized spacial score (nSPS) is 21.9. The van der Waals surface area contributed by atoms with E-state index in [0.29, 0.717) is 18.6 Å². The lowest BCUT2D eigenvalue weighted by molar-refractivity contribution is -0.117. The fourth-order valence-electron chi connectivity index (χ4n) is 2.83. The number of allylic oxidation sites excluding steroid dienone is 2. The molecule has 1 aliphatic carbocycles. The van der Waals surface area contributed by atoms with E-state index < -0.39 is 0 Å². The third-order valence-electron chi connectivity index (χ3n) is 3.85. The van der Waals surface area contributed by atoms with Crippen molar-refractivity contribution in [3.63, 3.8) is 0 Å². The molecule has 1 atom stereocenters. The van der Waals surface area contributed by atoms with Gasteiger partial charge < -0.3 is 4.74 Å². The topological polar surface area (TPSA) is 55.4 Å². The summed E-state index contributed by atoms with van der Waals surface area (Å²) in [6, 6.07) is 8.08. The summed E-state index contributed by atoms with van der Waals surface area (Å²) < 4.78 is 5.87. The van der Waals surface area contributed by atoms with Gasteiger partial charge in [-0.2, -0.15) is 0 Å².